The van der Waals surface area contributed by atoms with Gasteiger partial charge in [0.2, 0.25) is 5.78 Å². The van der Waals surface area contributed by atoms with Gasteiger partial charge in [0.1, 0.15) is 17.6 Å². The molecule has 0 fully saturated rings. The number of hydrogen-bond donors (Lipinski definition) is 1. The van der Waals surface area contributed by atoms with E-state index in [4.69, 9.17) is 5.26 Å². The number of aryl methyl sites for hydroxylation is 1. The Balaban J connectivity index is 1.66. The molecular weight excluding hydrogens is 377 g/mol. The minimum Gasteiger partial charge on any atom is -0.369 e. The van der Waals surface area contributed by atoms with E-state index in [1.54, 1.807) is 19.3 Å². The summed E-state index contributed by atoms with van der Waals surface area (Å²) < 4.78 is 16.1. The van der Waals surface area contributed by atoms with Gasteiger partial charge in [-0.3, -0.25) is 19.3 Å². The minimum absolute atomic E-state index is 0.0288. The van der Waals surface area contributed by atoms with Crippen molar-refractivity contribution in [1.82, 2.24) is 19.7 Å². The maximum atomic E-state index is 14.7. The number of aliphatic hydroxyl groups excluding tert-OH is 1. The summed E-state index contributed by atoms with van der Waals surface area (Å²) >= 11 is 0. The summed E-state index contributed by atoms with van der Waals surface area (Å²) in [7, 11) is 1.65. The molecule has 9 heteroatoms. The molecule has 0 bridgehead atoms. The third-order valence-corrected chi connectivity index (χ3v) is 4.67. The van der Waals surface area contributed by atoms with Crippen LogP contribution < -0.4 is 0 Å². The third kappa shape index (κ3) is 3.15. The van der Waals surface area contributed by atoms with Crippen molar-refractivity contribution in [2.45, 2.75) is 12.8 Å². The number of benzene rings is 1. The van der Waals surface area contributed by atoms with Crippen LogP contribution >= 0.6 is 0 Å². The van der Waals surface area contributed by atoms with E-state index in [9.17, 15) is 19.1 Å². The Bertz CT molecular complexity index is 1180. The average Bonchev–Trinajstić information content (AvgIpc) is 3.25. The van der Waals surface area contributed by atoms with Gasteiger partial charge in [0.15, 0.2) is 6.23 Å². The number of carbonyl (C=O) groups is 2. The zero-order valence-corrected chi connectivity index (χ0v) is 15.2. The van der Waals surface area contributed by atoms with Crippen LogP contribution in [0.25, 0.3) is 0 Å². The fourth-order valence-corrected chi connectivity index (χ4v) is 3.21. The summed E-state index contributed by atoms with van der Waals surface area (Å²) in [4.78, 5) is 30.5. The number of ketones is 1. The molecule has 1 aliphatic rings. The van der Waals surface area contributed by atoms with Gasteiger partial charge in [-0.15, -0.1) is 0 Å². The van der Waals surface area contributed by atoms with Crippen molar-refractivity contribution in [1.29, 1.82) is 5.26 Å². The Hall–Kier alpha value is -3.90. The second-order valence-electron chi connectivity index (χ2n) is 6.58. The minimum atomic E-state index is -1.51. The predicted molar refractivity (Wildman–Crippen MR) is 96.8 cm³/mol. The number of carbonyl (C=O) groups excluding carboxylic acids is 2. The highest BCUT2D eigenvalue weighted by Crippen LogP contribution is 2.35. The molecule has 1 unspecified atom stereocenters. The fourth-order valence-electron chi connectivity index (χ4n) is 3.21. The van der Waals surface area contributed by atoms with Crippen LogP contribution in [0.4, 0.5) is 4.39 Å². The highest BCUT2D eigenvalue weighted by molar-refractivity contribution is 6.10. The summed E-state index contributed by atoms with van der Waals surface area (Å²) in [5.41, 5.74) is 0.616. The monoisotopic (exact) mass is 391 g/mol. The molecule has 1 aromatic carbocycles. The van der Waals surface area contributed by atoms with Crippen LogP contribution in [0.3, 0.4) is 0 Å². The van der Waals surface area contributed by atoms with Crippen LogP contribution in [0.2, 0.25) is 0 Å². The molecule has 1 aliphatic heterocycles. The van der Waals surface area contributed by atoms with E-state index in [1.165, 1.54) is 29.1 Å². The van der Waals surface area contributed by atoms with Crippen molar-refractivity contribution in [3.05, 3.63) is 82.2 Å². The lowest BCUT2D eigenvalue weighted by Crippen LogP contribution is -2.27. The molecular formula is C20H14FN5O3. The number of aromatic nitrogens is 3. The Morgan fingerprint density at radius 1 is 1.34 bits per heavy atom. The molecule has 1 amide bonds. The zero-order valence-electron chi connectivity index (χ0n) is 15.2. The lowest BCUT2D eigenvalue weighted by molar-refractivity contribution is 0.0118. The van der Waals surface area contributed by atoms with Gasteiger partial charge in [0.05, 0.1) is 23.4 Å². The summed E-state index contributed by atoms with van der Waals surface area (Å²) in [6.45, 7) is -0.0800. The van der Waals surface area contributed by atoms with Crippen LogP contribution in [0.5, 0.6) is 0 Å². The van der Waals surface area contributed by atoms with Gasteiger partial charge >= 0.3 is 0 Å². The Labute approximate surface area is 164 Å². The Morgan fingerprint density at radius 2 is 2.14 bits per heavy atom. The van der Waals surface area contributed by atoms with Gasteiger partial charge in [-0.05, 0) is 30.3 Å². The first-order valence-electron chi connectivity index (χ1n) is 8.61. The number of aliphatic hydroxyl groups is 1. The second-order valence-corrected chi connectivity index (χ2v) is 6.58. The van der Waals surface area contributed by atoms with E-state index in [-0.39, 0.29) is 28.9 Å². The number of hydrogen-bond acceptors (Lipinski definition) is 6. The number of halogens is 1. The molecule has 0 radical (unpaired) electrons. The van der Waals surface area contributed by atoms with E-state index < -0.39 is 23.7 Å². The zero-order chi connectivity index (χ0) is 20.7. The van der Waals surface area contributed by atoms with Gasteiger partial charge in [-0.1, -0.05) is 0 Å². The van der Waals surface area contributed by atoms with Gasteiger partial charge in [-0.25, -0.2) is 4.39 Å². The molecule has 29 heavy (non-hydrogen) atoms. The van der Waals surface area contributed by atoms with Crippen molar-refractivity contribution in [3.63, 3.8) is 0 Å². The highest BCUT2D eigenvalue weighted by Gasteiger charge is 2.39. The Morgan fingerprint density at radius 3 is 2.76 bits per heavy atom. The number of nitriles is 1. The number of amides is 1. The molecule has 144 valence electrons. The fraction of sp³-hybridized carbons (Fsp3) is 0.150. The summed E-state index contributed by atoms with van der Waals surface area (Å²) in [6.07, 6.45) is 1.42. The molecule has 0 spiro atoms. The second kappa shape index (κ2) is 6.92. The normalized spacial score (nSPS) is 15.3. The van der Waals surface area contributed by atoms with Crippen molar-refractivity contribution >= 4 is 11.7 Å². The third-order valence-electron chi connectivity index (χ3n) is 4.67. The molecule has 3 heterocycles. The Kier molecular flexibility index (Phi) is 4.41. The number of rotatable bonds is 4. The van der Waals surface area contributed by atoms with Crippen molar-refractivity contribution < 1.29 is 19.1 Å². The molecule has 2 aromatic heterocycles. The molecule has 4 rings (SSSR count). The first-order chi connectivity index (χ1) is 13.9. The van der Waals surface area contributed by atoms with Crippen LogP contribution in [0, 0.1) is 17.1 Å². The lowest BCUT2D eigenvalue weighted by Gasteiger charge is -2.20. The first kappa shape index (κ1) is 18.5. The largest absolute Gasteiger partial charge is 0.369 e. The number of nitrogens with zero attached hydrogens (tertiary/aromatic N) is 5. The van der Waals surface area contributed by atoms with Crippen LogP contribution in [0.1, 0.15) is 49.5 Å². The predicted octanol–water partition coefficient (Wildman–Crippen LogP) is 1.70. The molecule has 1 N–H and O–H groups in total. The molecule has 1 atom stereocenters. The van der Waals surface area contributed by atoms with E-state index in [0.717, 1.165) is 11.0 Å². The van der Waals surface area contributed by atoms with Crippen molar-refractivity contribution in [2.24, 2.45) is 7.05 Å². The van der Waals surface area contributed by atoms with Gasteiger partial charge in [0.25, 0.3) is 5.91 Å². The smallest absolute Gasteiger partial charge is 0.257 e. The topological polar surface area (TPSA) is 112 Å². The van der Waals surface area contributed by atoms with Crippen molar-refractivity contribution in [2.75, 3.05) is 0 Å². The van der Waals surface area contributed by atoms with Crippen LogP contribution in [-0.4, -0.2) is 36.5 Å². The van der Waals surface area contributed by atoms with E-state index in [1.807, 2.05) is 6.07 Å². The van der Waals surface area contributed by atoms with Gasteiger partial charge < -0.3 is 10.0 Å². The van der Waals surface area contributed by atoms with Gasteiger partial charge in [0, 0.05) is 30.6 Å². The molecule has 3 aromatic rings. The van der Waals surface area contributed by atoms with E-state index in [0.29, 0.717) is 11.3 Å². The quantitative estimate of drug-likeness (QED) is 0.678. The SMILES string of the molecule is Cn1ccc(C(=O)c2cc(F)c3c(c2)C(=O)N(Cc2ccc(C#N)cn2)C3O)n1. The van der Waals surface area contributed by atoms with Crippen LogP contribution in [-0.2, 0) is 13.6 Å². The molecule has 0 aliphatic carbocycles. The van der Waals surface area contributed by atoms with E-state index >= 15 is 0 Å². The average molecular weight is 391 g/mol. The summed E-state index contributed by atoms with van der Waals surface area (Å²) in [5, 5.41) is 23.3. The van der Waals surface area contributed by atoms with E-state index in [2.05, 4.69) is 10.1 Å². The maximum absolute atomic E-state index is 14.7. The summed E-state index contributed by atoms with van der Waals surface area (Å²) in [6, 6.07) is 8.78. The maximum Gasteiger partial charge on any atom is 0.257 e. The van der Waals surface area contributed by atoms with Crippen molar-refractivity contribution in [3.8, 4) is 6.07 Å². The first-order valence-corrected chi connectivity index (χ1v) is 8.61. The highest BCUT2D eigenvalue weighted by atomic mass is 19.1. The number of pyridine rings is 1. The lowest BCUT2D eigenvalue weighted by atomic mass is 10.0. The van der Waals surface area contributed by atoms with Gasteiger partial charge in [-0.2, -0.15) is 10.4 Å². The number of fused-ring (bicyclic) bond motifs is 1. The molecule has 8 nitrogen and oxygen atoms in total. The standard InChI is InChI=1S/C20H14FN5O3/c1-25-5-4-16(24-25)18(27)12-6-14-17(15(21)7-12)20(29)26(19(14)28)10-13-3-2-11(8-22)9-23-13/h2-7,9,20,29H,10H2,1H3. The molecule has 0 saturated heterocycles. The molecule has 0 saturated carbocycles. The summed E-state index contributed by atoms with van der Waals surface area (Å²) in [5.74, 6) is -1.99. The van der Waals surface area contributed by atoms with Crippen LogP contribution in [0.15, 0.2) is 42.7 Å².